The molecule has 0 aliphatic carbocycles. The first-order chi connectivity index (χ1) is 10.9. The van der Waals surface area contributed by atoms with Crippen molar-refractivity contribution in [3.63, 3.8) is 0 Å². The molecular formula is C16H20FN3O3. The Kier molecular flexibility index (Phi) is 5.44. The summed E-state index contributed by atoms with van der Waals surface area (Å²) < 4.78 is 18.5. The standard InChI is InChI=1S/C16H20FN3O3/c1-4-5-13(16(21)22)18-10(3)15-19-14(20-23-15)11-6-7-12(17)9(2)8-11/h6-8,10,13,18H,4-5H2,1-3H3,(H,21,22). The summed E-state index contributed by atoms with van der Waals surface area (Å²) >= 11 is 0. The Hall–Kier alpha value is -2.28. The average Bonchev–Trinajstić information content (AvgIpc) is 2.99. The summed E-state index contributed by atoms with van der Waals surface area (Å²) in [6, 6.07) is 3.50. The molecule has 0 bridgehead atoms. The van der Waals surface area contributed by atoms with Crippen LogP contribution in [0.3, 0.4) is 0 Å². The number of halogens is 1. The van der Waals surface area contributed by atoms with Gasteiger partial charge in [0, 0.05) is 5.56 Å². The molecule has 0 radical (unpaired) electrons. The number of carbonyl (C=O) groups is 1. The second kappa shape index (κ2) is 7.32. The highest BCUT2D eigenvalue weighted by Gasteiger charge is 2.23. The number of benzene rings is 1. The van der Waals surface area contributed by atoms with Gasteiger partial charge in [-0.2, -0.15) is 4.98 Å². The van der Waals surface area contributed by atoms with E-state index in [1.54, 1.807) is 26.0 Å². The van der Waals surface area contributed by atoms with Crippen molar-refractivity contribution in [3.05, 3.63) is 35.5 Å². The number of aryl methyl sites for hydroxylation is 1. The first-order valence-corrected chi connectivity index (χ1v) is 7.51. The molecule has 1 aromatic carbocycles. The van der Waals surface area contributed by atoms with Gasteiger partial charge in [-0.15, -0.1) is 0 Å². The lowest BCUT2D eigenvalue weighted by Crippen LogP contribution is -2.38. The Balaban J connectivity index is 2.14. The Morgan fingerprint density at radius 2 is 2.22 bits per heavy atom. The molecular weight excluding hydrogens is 301 g/mol. The summed E-state index contributed by atoms with van der Waals surface area (Å²) in [7, 11) is 0. The SMILES string of the molecule is CCCC(NC(C)c1nc(-c2ccc(F)c(C)c2)no1)C(=O)O. The predicted molar refractivity (Wildman–Crippen MR) is 82.3 cm³/mol. The lowest BCUT2D eigenvalue weighted by Gasteiger charge is -2.16. The fraction of sp³-hybridized carbons (Fsp3) is 0.438. The van der Waals surface area contributed by atoms with Crippen LogP contribution < -0.4 is 5.32 Å². The van der Waals surface area contributed by atoms with E-state index in [9.17, 15) is 14.3 Å². The zero-order valence-electron chi connectivity index (χ0n) is 13.3. The number of carboxylic acid groups (broad SMARTS) is 1. The molecule has 2 N–H and O–H groups in total. The minimum atomic E-state index is -0.910. The van der Waals surface area contributed by atoms with E-state index in [0.717, 1.165) is 6.42 Å². The number of hydrogen-bond acceptors (Lipinski definition) is 5. The molecule has 0 fully saturated rings. The highest BCUT2D eigenvalue weighted by molar-refractivity contribution is 5.73. The van der Waals surface area contributed by atoms with Gasteiger partial charge in [0.1, 0.15) is 11.9 Å². The van der Waals surface area contributed by atoms with Crippen molar-refractivity contribution in [3.8, 4) is 11.4 Å². The van der Waals surface area contributed by atoms with E-state index in [1.807, 2.05) is 6.92 Å². The van der Waals surface area contributed by atoms with Gasteiger partial charge in [0.25, 0.3) is 0 Å². The number of nitrogens with one attached hydrogen (secondary N) is 1. The van der Waals surface area contributed by atoms with Gasteiger partial charge in [-0.25, -0.2) is 4.39 Å². The van der Waals surface area contributed by atoms with E-state index in [-0.39, 0.29) is 5.82 Å². The van der Waals surface area contributed by atoms with Gasteiger partial charge in [0.05, 0.1) is 6.04 Å². The minimum absolute atomic E-state index is 0.295. The van der Waals surface area contributed by atoms with Gasteiger partial charge in [0.2, 0.25) is 11.7 Å². The van der Waals surface area contributed by atoms with Crippen molar-refractivity contribution < 1.29 is 18.8 Å². The summed E-state index contributed by atoms with van der Waals surface area (Å²) in [6.07, 6.45) is 1.26. The lowest BCUT2D eigenvalue weighted by molar-refractivity contribution is -0.139. The van der Waals surface area contributed by atoms with Crippen LogP contribution in [0.4, 0.5) is 4.39 Å². The summed E-state index contributed by atoms with van der Waals surface area (Å²) in [5.41, 5.74) is 1.14. The number of nitrogens with zero attached hydrogens (tertiary/aromatic N) is 2. The quantitative estimate of drug-likeness (QED) is 0.814. The minimum Gasteiger partial charge on any atom is -0.480 e. The molecule has 2 atom stereocenters. The number of hydrogen-bond donors (Lipinski definition) is 2. The molecule has 2 rings (SSSR count). The van der Waals surface area contributed by atoms with E-state index in [4.69, 9.17) is 4.52 Å². The van der Waals surface area contributed by atoms with Crippen LogP contribution in [0, 0.1) is 12.7 Å². The van der Waals surface area contributed by atoms with Crippen LogP contribution in [0.15, 0.2) is 22.7 Å². The maximum Gasteiger partial charge on any atom is 0.320 e. The Morgan fingerprint density at radius 3 is 2.83 bits per heavy atom. The second-order valence-electron chi connectivity index (χ2n) is 5.49. The molecule has 0 saturated carbocycles. The van der Waals surface area contributed by atoms with Crippen LogP contribution in [0.5, 0.6) is 0 Å². The Bertz CT molecular complexity index is 687. The van der Waals surface area contributed by atoms with E-state index in [2.05, 4.69) is 15.5 Å². The van der Waals surface area contributed by atoms with Crippen molar-refractivity contribution >= 4 is 5.97 Å². The summed E-state index contributed by atoms with van der Waals surface area (Å²) in [4.78, 5) is 15.5. The van der Waals surface area contributed by atoms with E-state index >= 15 is 0 Å². The van der Waals surface area contributed by atoms with Crippen molar-refractivity contribution in [2.75, 3.05) is 0 Å². The molecule has 0 aliphatic heterocycles. The molecule has 0 spiro atoms. The molecule has 1 heterocycles. The molecule has 1 aromatic heterocycles. The van der Waals surface area contributed by atoms with Crippen LogP contribution >= 0.6 is 0 Å². The smallest absolute Gasteiger partial charge is 0.320 e. The molecule has 23 heavy (non-hydrogen) atoms. The van der Waals surface area contributed by atoms with E-state index in [0.29, 0.717) is 29.3 Å². The number of carboxylic acids is 1. The number of aromatic nitrogens is 2. The lowest BCUT2D eigenvalue weighted by atomic mass is 10.1. The number of aliphatic carboxylic acids is 1. The van der Waals surface area contributed by atoms with Gasteiger partial charge >= 0.3 is 5.97 Å². The first kappa shape index (κ1) is 17.1. The Morgan fingerprint density at radius 1 is 1.48 bits per heavy atom. The Labute approximate surface area is 133 Å². The van der Waals surface area contributed by atoms with Crippen molar-refractivity contribution in [1.29, 1.82) is 0 Å². The first-order valence-electron chi connectivity index (χ1n) is 7.51. The predicted octanol–water partition coefficient (Wildman–Crippen LogP) is 3.09. The molecule has 2 unspecified atom stereocenters. The summed E-state index contributed by atoms with van der Waals surface area (Å²) in [6.45, 7) is 5.34. The second-order valence-corrected chi connectivity index (χ2v) is 5.49. The normalized spacial score (nSPS) is 13.7. The van der Waals surface area contributed by atoms with Crippen molar-refractivity contribution in [1.82, 2.24) is 15.5 Å². The maximum absolute atomic E-state index is 13.3. The molecule has 6 nitrogen and oxygen atoms in total. The average molecular weight is 321 g/mol. The highest BCUT2D eigenvalue weighted by atomic mass is 19.1. The fourth-order valence-electron chi connectivity index (χ4n) is 2.25. The van der Waals surface area contributed by atoms with Crippen molar-refractivity contribution in [2.45, 2.75) is 45.7 Å². The van der Waals surface area contributed by atoms with Crippen LogP contribution in [0.1, 0.15) is 44.2 Å². The summed E-state index contributed by atoms with van der Waals surface area (Å²) in [5.74, 6) is -0.563. The zero-order chi connectivity index (χ0) is 17.0. The topological polar surface area (TPSA) is 88.3 Å². The van der Waals surface area contributed by atoms with Gasteiger partial charge in [0.15, 0.2) is 0 Å². The largest absolute Gasteiger partial charge is 0.480 e. The van der Waals surface area contributed by atoms with Gasteiger partial charge in [-0.3, -0.25) is 10.1 Å². The molecule has 0 aliphatic rings. The van der Waals surface area contributed by atoms with Crippen LogP contribution in [0.2, 0.25) is 0 Å². The van der Waals surface area contributed by atoms with Gasteiger partial charge < -0.3 is 9.63 Å². The molecule has 2 aromatic rings. The van der Waals surface area contributed by atoms with Crippen LogP contribution in [0.25, 0.3) is 11.4 Å². The van der Waals surface area contributed by atoms with Crippen LogP contribution in [-0.2, 0) is 4.79 Å². The van der Waals surface area contributed by atoms with Gasteiger partial charge in [-0.05, 0) is 44.0 Å². The molecule has 124 valence electrons. The molecule has 0 saturated heterocycles. The van der Waals surface area contributed by atoms with E-state index < -0.39 is 18.1 Å². The zero-order valence-corrected chi connectivity index (χ0v) is 13.3. The third-order valence-electron chi connectivity index (χ3n) is 3.55. The van der Waals surface area contributed by atoms with Crippen molar-refractivity contribution in [2.24, 2.45) is 0 Å². The molecule has 7 heteroatoms. The fourth-order valence-corrected chi connectivity index (χ4v) is 2.25. The van der Waals surface area contributed by atoms with Crippen LogP contribution in [-0.4, -0.2) is 27.3 Å². The monoisotopic (exact) mass is 321 g/mol. The van der Waals surface area contributed by atoms with Gasteiger partial charge in [-0.1, -0.05) is 18.5 Å². The van der Waals surface area contributed by atoms with E-state index in [1.165, 1.54) is 6.07 Å². The third-order valence-corrected chi connectivity index (χ3v) is 3.55. The molecule has 0 amide bonds. The highest BCUT2D eigenvalue weighted by Crippen LogP contribution is 2.21. The third kappa shape index (κ3) is 4.13. The summed E-state index contributed by atoms with van der Waals surface area (Å²) in [5, 5.41) is 16.0. The maximum atomic E-state index is 13.3. The number of rotatable bonds is 7.